The average molecular weight is 285 g/mol. The second-order valence-electron chi connectivity index (χ2n) is 4.79. The molecule has 1 aromatic carbocycles. The van der Waals surface area contributed by atoms with Gasteiger partial charge < -0.3 is 16.2 Å². The Labute approximate surface area is 123 Å². The number of nitrogens with two attached hydrogens (primary N) is 2. The zero-order valence-electron chi connectivity index (χ0n) is 11.9. The lowest BCUT2D eigenvalue weighted by Crippen LogP contribution is -2.31. The van der Waals surface area contributed by atoms with Crippen LogP contribution in [0, 0.1) is 0 Å². The Hall–Kier alpha value is -2.40. The first kappa shape index (κ1) is 15.0. The van der Waals surface area contributed by atoms with E-state index < -0.39 is 5.91 Å². The summed E-state index contributed by atoms with van der Waals surface area (Å²) in [5.74, 6) is 0.174. The Balaban J connectivity index is 2.21. The molecule has 0 saturated heterocycles. The molecular weight excluding hydrogens is 266 g/mol. The van der Waals surface area contributed by atoms with Gasteiger partial charge in [0.1, 0.15) is 11.9 Å². The molecule has 0 spiro atoms. The van der Waals surface area contributed by atoms with Crippen LogP contribution in [0.2, 0.25) is 0 Å². The summed E-state index contributed by atoms with van der Waals surface area (Å²) in [5, 5.41) is 0. The fraction of sp³-hybridized carbons (Fsp3) is 0.250. The fourth-order valence-corrected chi connectivity index (χ4v) is 2.01. The summed E-state index contributed by atoms with van der Waals surface area (Å²) >= 11 is 0. The number of carbonyl (C=O) groups is 1. The van der Waals surface area contributed by atoms with E-state index in [4.69, 9.17) is 16.2 Å². The van der Waals surface area contributed by atoms with Gasteiger partial charge in [0.15, 0.2) is 0 Å². The van der Waals surface area contributed by atoms with Crippen molar-refractivity contribution in [1.82, 2.24) is 4.98 Å². The topological polar surface area (TPSA) is 91.2 Å². The molecule has 0 radical (unpaired) electrons. The largest absolute Gasteiger partial charge is 0.484 e. The van der Waals surface area contributed by atoms with Gasteiger partial charge >= 0.3 is 0 Å². The van der Waals surface area contributed by atoms with Crippen LogP contribution < -0.4 is 16.2 Å². The minimum absolute atomic E-state index is 0.148. The van der Waals surface area contributed by atoms with E-state index in [2.05, 4.69) is 4.98 Å². The van der Waals surface area contributed by atoms with Gasteiger partial charge in [-0.05, 0) is 36.8 Å². The molecule has 0 aliphatic rings. The van der Waals surface area contributed by atoms with E-state index >= 15 is 0 Å². The van der Waals surface area contributed by atoms with Crippen LogP contribution in [0.5, 0.6) is 5.75 Å². The molecule has 5 heteroatoms. The van der Waals surface area contributed by atoms with Crippen molar-refractivity contribution < 1.29 is 9.53 Å². The number of pyridine rings is 1. The molecule has 2 unspecified atom stereocenters. The molecule has 0 fully saturated rings. The second-order valence-corrected chi connectivity index (χ2v) is 4.79. The molecule has 2 atom stereocenters. The highest BCUT2D eigenvalue weighted by molar-refractivity contribution is 5.92. The van der Waals surface area contributed by atoms with Crippen molar-refractivity contribution in [2.45, 2.75) is 25.5 Å². The molecule has 0 aliphatic heterocycles. The maximum Gasteiger partial charge on any atom is 0.248 e. The quantitative estimate of drug-likeness (QED) is 0.849. The molecule has 0 aliphatic carbocycles. The minimum Gasteiger partial charge on any atom is -0.484 e. The van der Waals surface area contributed by atoms with Gasteiger partial charge in [-0.1, -0.05) is 13.0 Å². The molecule has 2 rings (SSSR count). The summed E-state index contributed by atoms with van der Waals surface area (Å²) in [5.41, 5.74) is 12.7. The van der Waals surface area contributed by atoms with E-state index in [9.17, 15) is 4.79 Å². The van der Waals surface area contributed by atoms with E-state index in [1.165, 1.54) is 0 Å². The van der Waals surface area contributed by atoms with Crippen molar-refractivity contribution in [3.63, 3.8) is 0 Å². The third-order valence-electron chi connectivity index (χ3n) is 3.28. The molecule has 110 valence electrons. The number of hydrogen-bond acceptors (Lipinski definition) is 4. The summed E-state index contributed by atoms with van der Waals surface area (Å²) in [6.45, 7) is 2.01. The Kier molecular flexibility index (Phi) is 4.90. The molecule has 21 heavy (non-hydrogen) atoms. The third-order valence-corrected chi connectivity index (χ3v) is 3.28. The highest BCUT2D eigenvalue weighted by Crippen LogP contribution is 2.25. The van der Waals surface area contributed by atoms with Gasteiger partial charge in [0.05, 0.1) is 0 Å². The number of rotatable bonds is 6. The van der Waals surface area contributed by atoms with Crippen LogP contribution in [-0.2, 0) is 0 Å². The van der Waals surface area contributed by atoms with E-state index in [0.29, 0.717) is 11.3 Å². The maximum absolute atomic E-state index is 11.1. The van der Waals surface area contributed by atoms with Crippen LogP contribution >= 0.6 is 0 Å². The summed E-state index contributed by atoms with van der Waals surface area (Å²) in [4.78, 5) is 15.2. The molecule has 5 nitrogen and oxygen atoms in total. The molecular formula is C16H19N3O2. The monoisotopic (exact) mass is 285 g/mol. The van der Waals surface area contributed by atoms with Crippen molar-refractivity contribution in [1.29, 1.82) is 0 Å². The summed E-state index contributed by atoms with van der Waals surface area (Å²) in [6.07, 6.45) is 3.94. The van der Waals surface area contributed by atoms with Crippen LogP contribution in [0.3, 0.4) is 0 Å². The molecule has 1 aromatic heterocycles. The number of hydrogen-bond donors (Lipinski definition) is 2. The number of primary amides is 1. The van der Waals surface area contributed by atoms with Gasteiger partial charge in [-0.15, -0.1) is 0 Å². The number of ether oxygens (including phenoxy) is 1. The van der Waals surface area contributed by atoms with E-state index in [1.807, 2.05) is 19.1 Å². The van der Waals surface area contributed by atoms with Crippen LogP contribution in [0.25, 0.3) is 0 Å². The van der Waals surface area contributed by atoms with Crippen molar-refractivity contribution in [3.05, 3.63) is 59.9 Å². The number of carbonyl (C=O) groups excluding carboxylic acids is 1. The lowest BCUT2D eigenvalue weighted by atomic mass is 10.0. The first-order valence-corrected chi connectivity index (χ1v) is 6.84. The molecule has 2 aromatic rings. The van der Waals surface area contributed by atoms with Gasteiger partial charge in [0.25, 0.3) is 0 Å². The Bertz CT molecular complexity index is 584. The molecule has 4 N–H and O–H groups in total. The molecule has 0 bridgehead atoms. The zero-order valence-corrected chi connectivity index (χ0v) is 11.9. The van der Waals surface area contributed by atoms with Crippen LogP contribution in [0.4, 0.5) is 0 Å². The predicted octanol–water partition coefficient (Wildman–Crippen LogP) is 2.04. The lowest BCUT2D eigenvalue weighted by Gasteiger charge is -2.24. The maximum atomic E-state index is 11.1. The highest BCUT2D eigenvalue weighted by atomic mass is 16.5. The van der Waals surface area contributed by atoms with E-state index in [0.717, 1.165) is 12.0 Å². The Morgan fingerprint density at radius 1 is 1.29 bits per heavy atom. The van der Waals surface area contributed by atoms with Crippen LogP contribution in [0.15, 0.2) is 48.8 Å². The van der Waals surface area contributed by atoms with Crippen LogP contribution in [-0.4, -0.2) is 16.9 Å². The fourth-order valence-electron chi connectivity index (χ4n) is 2.01. The standard InChI is InChI=1S/C16H19N3O2/c1-2-14(17)15(12-4-3-9-19-10-12)21-13-7-5-11(6-8-13)16(18)20/h3-10,14-15H,2,17H2,1H3,(H2,18,20). The van der Waals surface area contributed by atoms with Gasteiger partial charge in [-0.2, -0.15) is 0 Å². The molecule has 1 heterocycles. The Morgan fingerprint density at radius 3 is 2.52 bits per heavy atom. The number of nitrogens with zero attached hydrogens (tertiary/aromatic N) is 1. The minimum atomic E-state index is -0.462. The molecule has 1 amide bonds. The third kappa shape index (κ3) is 3.79. The highest BCUT2D eigenvalue weighted by Gasteiger charge is 2.20. The normalized spacial score (nSPS) is 13.4. The number of amides is 1. The van der Waals surface area contributed by atoms with Crippen LogP contribution in [0.1, 0.15) is 35.4 Å². The predicted molar refractivity (Wildman–Crippen MR) is 80.8 cm³/mol. The Morgan fingerprint density at radius 2 is 2.00 bits per heavy atom. The average Bonchev–Trinajstić information content (AvgIpc) is 2.53. The lowest BCUT2D eigenvalue weighted by molar-refractivity contribution is 0.1000. The van der Waals surface area contributed by atoms with Crippen molar-refractivity contribution in [2.24, 2.45) is 11.5 Å². The molecule has 0 saturated carbocycles. The summed E-state index contributed by atoms with van der Waals surface area (Å²) in [6, 6.07) is 10.3. The first-order valence-electron chi connectivity index (χ1n) is 6.84. The van der Waals surface area contributed by atoms with E-state index in [1.54, 1.807) is 36.7 Å². The van der Waals surface area contributed by atoms with E-state index in [-0.39, 0.29) is 12.1 Å². The smallest absolute Gasteiger partial charge is 0.248 e. The van der Waals surface area contributed by atoms with Gasteiger partial charge in [-0.25, -0.2) is 0 Å². The first-order chi connectivity index (χ1) is 10.1. The van der Waals surface area contributed by atoms with Gasteiger partial charge in [0, 0.05) is 29.6 Å². The van der Waals surface area contributed by atoms with Crippen molar-refractivity contribution in [2.75, 3.05) is 0 Å². The van der Waals surface area contributed by atoms with Crippen molar-refractivity contribution in [3.8, 4) is 5.75 Å². The SMILES string of the molecule is CCC(N)C(Oc1ccc(C(N)=O)cc1)c1cccnc1. The second kappa shape index (κ2) is 6.85. The van der Waals surface area contributed by atoms with Crippen molar-refractivity contribution >= 4 is 5.91 Å². The number of aromatic nitrogens is 1. The zero-order chi connectivity index (χ0) is 15.2. The van der Waals surface area contributed by atoms with Gasteiger partial charge in [0.2, 0.25) is 5.91 Å². The van der Waals surface area contributed by atoms with Gasteiger partial charge in [-0.3, -0.25) is 9.78 Å². The summed E-state index contributed by atoms with van der Waals surface area (Å²) in [7, 11) is 0. The number of benzene rings is 1. The summed E-state index contributed by atoms with van der Waals surface area (Å²) < 4.78 is 5.97.